The van der Waals surface area contributed by atoms with E-state index in [-0.39, 0.29) is 43.4 Å². The van der Waals surface area contributed by atoms with Crippen LogP contribution in [0, 0.1) is 13.8 Å². The quantitative estimate of drug-likeness (QED) is 0.0331. The molecule has 8 amide bonds. The third-order valence-corrected chi connectivity index (χ3v) is 19.9. The van der Waals surface area contributed by atoms with Crippen molar-refractivity contribution in [3.8, 4) is 22.9 Å². The molecule has 0 saturated heterocycles. The van der Waals surface area contributed by atoms with Crippen LogP contribution in [0.4, 0.5) is 53.8 Å². The largest absolute Gasteiger partial charge is 0.488 e. The van der Waals surface area contributed by atoms with Gasteiger partial charge in [0.2, 0.25) is 5.91 Å². The summed E-state index contributed by atoms with van der Waals surface area (Å²) in [6, 6.07) is 48.8. The normalized spacial score (nSPS) is 11.5. The first-order chi connectivity index (χ1) is 56.7. The number of nitrogens with one attached hydrogen (secondary N) is 7. The van der Waals surface area contributed by atoms with Crippen LogP contribution in [0.1, 0.15) is 186 Å². The molecule has 660 valence electrons. The number of likely N-dealkylation sites (N-methyl/N-ethyl adjacent to an activating group) is 3. The molecular weight excluding hydrogens is 1560 g/mol. The Morgan fingerprint density at radius 3 is 1.12 bits per heavy atom. The van der Waals surface area contributed by atoms with E-state index < -0.39 is 57.9 Å². The van der Waals surface area contributed by atoms with Crippen molar-refractivity contribution in [2.24, 2.45) is 0 Å². The fraction of sp³-hybridized carbons (Fsp3) is 0.400. The molecule has 4 aromatic heterocycles. The van der Waals surface area contributed by atoms with E-state index in [2.05, 4.69) is 128 Å². The van der Waals surface area contributed by atoms with Gasteiger partial charge in [-0.05, 0) is 209 Å². The number of carbonyl (C=O) groups is 7. The van der Waals surface area contributed by atoms with Gasteiger partial charge >= 0.3 is 30.2 Å². The summed E-state index contributed by atoms with van der Waals surface area (Å²) >= 11 is 0. The number of rotatable bonds is 21. The van der Waals surface area contributed by atoms with Crippen molar-refractivity contribution >= 4 is 98.2 Å². The van der Waals surface area contributed by atoms with Gasteiger partial charge in [0.05, 0.1) is 39.7 Å². The van der Waals surface area contributed by atoms with Crippen LogP contribution in [-0.4, -0.2) is 154 Å². The molecule has 123 heavy (non-hydrogen) atoms. The van der Waals surface area contributed by atoms with Crippen molar-refractivity contribution in [1.29, 1.82) is 0 Å². The Morgan fingerprint density at radius 2 is 0.797 bits per heavy atom. The maximum absolute atomic E-state index is 13.5. The molecule has 28 nitrogen and oxygen atoms in total. The van der Waals surface area contributed by atoms with E-state index in [1.807, 2.05) is 147 Å². The van der Waals surface area contributed by atoms with Crippen LogP contribution in [0.15, 0.2) is 181 Å². The van der Waals surface area contributed by atoms with E-state index >= 15 is 0 Å². The van der Waals surface area contributed by atoms with Gasteiger partial charge in [-0.25, -0.2) is 43.3 Å². The average molecular weight is 1690 g/mol. The molecule has 0 saturated carbocycles. The van der Waals surface area contributed by atoms with Crippen LogP contribution in [0.2, 0.25) is 0 Å². The zero-order valence-corrected chi connectivity index (χ0v) is 76.0. The molecule has 0 bridgehead atoms. The Labute approximate surface area is 725 Å². The lowest BCUT2D eigenvalue weighted by molar-refractivity contribution is -0.148. The number of carbonyl (C=O) groups excluding carboxylic acids is 6. The summed E-state index contributed by atoms with van der Waals surface area (Å²) in [5, 5.41) is 42.5. The minimum atomic E-state index is -1.28. The Balaban J connectivity index is 0.000000302. The van der Waals surface area contributed by atoms with Crippen molar-refractivity contribution in [2.45, 2.75) is 219 Å². The highest BCUT2D eigenvalue weighted by molar-refractivity contribution is 6.09. The minimum Gasteiger partial charge on any atom is -0.488 e. The van der Waals surface area contributed by atoms with Crippen LogP contribution >= 0.6 is 0 Å². The zero-order chi connectivity index (χ0) is 90.9. The molecule has 10 rings (SSSR count). The van der Waals surface area contributed by atoms with Crippen molar-refractivity contribution in [3.05, 3.63) is 215 Å². The Bertz CT molecular complexity index is 5380. The lowest BCUT2D eigenvalue weighted by Crippen LogP contribution is -2.54. The number of carboxylic acids is 1. The first-order valence-corrected chi connectivity index (χ1v) is 40.2. The Hall–Kier alpha value is -12.9. The summed E-state index contributed by atoms with van der Waals surface area (Å²) in [6.45, 7) is 43.6. The fourth-order valence-electron chi connectivity index (χ4n) is 11.1. The Kier molecular flexibility index (Phi) is 33.1. The van der Waals surface area contributed by atoms with Gasteiger partial charge in [0.1, 0.15) is 70.3 Å². The summed E-state index contributed by atoms with van der Waals surface area (Å²) in [4.78, 5) is 101. The van der Waals surface area contributed by atoms with Gasteiger partial charge in [0, 0.05) is 90.8 Å². The number of aromatic nitrogens is 6. The highest BCUT2D eigenvalue weighted by Crippen LogP contribution is 2.36. The summed E-state index contributed by atoms with van der Waals surface area (Å²) in [7, 11) is 8.78. The number of aryl methyl sites for hydroxylation is 2. The molecule has 0 fully saturated rings. The highest BCUT2D eigenvalue weighted by atomic mass is 16.6. The highest BCUT2D eigenvalue weighted by Gasteiger charge is 2.39. The number of allylic oxidation sites excluding steroid dienone is 2. The minimum absolute atomic E-state index is 0. The summed E-state index contributed by atoms with van der Waals surface area (Å²) in [6.07, 6.45) is 1.97. The van der Waals surface area contributed by atoms with Gasteiger partial charge in [-0.2, -0.15) is 10.2 Å². The van der Waals surface area contributed by atoms with Gasteiger partial charge in [-0.15, -0.1) is 0 Å². The maximum atomic E-state index is 13.5. The monoisotopic (exact) mass is 1680 g/mol. The molecule has 0 atom stereocenters. The number of ether oxygens (including phenoxy) is 4. The van der Waals surface area contributed by atoms with Gasteiger partial charge in [-0.1, -0.05) is 138 Å². The maximum Gasteiger partial charge on any atom is 0.410 e. The number of benzene rings is 6. The van der Waals surface area contributed by atoms with Crippen molar-refractivity contribution < 1.29 is 57.6 Å². The number of hydrogen-bond donors (Lipinski definition) is 8. The van der Waals surface area contributed by atoms with Crippen LogP contribution in [0.5, 0.6) is 11.5 Å². The van der Waals surface area contributed by atoms with E-state index in [1.165, 1.54) is 44.1 Å². The van der Waals surface area contributed by atoms with Crippen LogP contribution < -0.4 is 46.7 Å². The van der Waals surface area contributed by atoms with Crippen LogP contribution in [-0.2, 0) is 47.9 Å². The molecule has 28 heteroatoms. The molecule has 6 aromatic carbocycles. The second kappa shape index (κ2) is 41.1. The molecule has 0 radical (unpaired) electrons. The molecule has 0 aliphatic heterocycles. The topological polar surface area (TPSA) is 332 Å². The molecule has 4 heterocycles. The van der Waals surface area contributed by atoms with Gasteiger partial charge in [0.25, 0.3) is 5.91 Å². The summed E-state index contributed by atoms with van der Waals surface area (Å²) in [5.74, 6) is 1.46. The molecule has 0 spiro atoms. The second-order valence-electron chi connectivity index (χ2n) is 35.7. The number of aliphatic carboxylic acids is 1. The number of carboxylic acid groups (broad SMARTS) is 1. The Morgan fingerprint density at radius 1 is 0.439 bits per heavy atom. The fourth-order valence-corrected chi connectivity index (χ4v) is 11.1. The molecule has 8 N–H and O–H groups in total. The first-order valence-electron chi connectivity index (χ1n) is 40.2. The van der Waals surface area contributed by atoms with Crippen molar-refractivity contribution in [1.82, 2.24) is 49.5 Å². The van der Waals surface area contributed by atoms with E-state index in [9.17, 15) is 33.6 Å². The molecule has 0 unspecified atom stereocenters. The number of pyridine rings is 2. The van der Waals surface area contributed by atoms with Gasteiger partial charge in [0.15, 0.2) is 0 Å². The average Bonchev–Trinajstić information content (AvgIpc) is 1.11. The van der Waals surface area contributed by atoms with E-state index in [0.717, 1.165) is 71.5 Å². The predicted octanol–water partition coefficient (Wildman–Crippen LogP) is 20.2. The molecule has 0 aliphatic rings. The molecular formula is C95H128N16O12. The third-order valence-electron chi connectivity index (χ3n) is 19.9. The predicted molar refractivity (Wildman–Crippen MR) is 493 cm³/mol. The first kappa shape index (κ1) is 99.0. The lowest BCUT2D eigenvalue weighted by atomic mass is 9.92. The van der Waals surface area contributed by atoms with E-state index in [1.54, 1.807) is 122 Å². The zero-order valence-electron chi connectivity index (χ0n) is 76.0. The van der Waals surface area contributed by atoms with Crippen LogP contribution in [0.3, 0.4) is 0 Å². The molecule has 0 aliphatic carbocycles. The summed E-state index contributed by atoms with van der Waals surface area (Å²) < 4.78 is 26.5. The van der Waals surface area contributed by atoms with Gasteiger partial charge < -0.3 is 55.5 Å². The third kappa shape index (κ3) is 27.8. The number of nitrogens with zero attached hydrogens (tertiary/aromatic N) is 9. The number of anilines is 6. The SMILES string of the molecule is C.CC(C)=C(C)N(C)C.CN(C(=O)OC(C)(C)C)C(C)(C)C(=O)O.CNC(C)(C)C(=O)Nc1cc(COc2ccc(NC(=O)Nc3cc(C(C)(C)C)nn3-c3ccc(C)cc3)c3ccccc23)ccn1.Cc1ccc(-n2nc(C(C)(C)C)cc2NC(=O)Nc2ccc(OCc3ccnc(NC(=O)C(C)(C)N(C)C(=O)OC(C)(C)C)c3)c3ccccc23)cc1. The number of fused-ring (bicyclic) bond motifs is 2. The number of amides is 8. The van der Waals surface area contributed by atoms with Crippen LogP contribution in [0.25, 0.3) is 32.9 Å². The number of hydrogen-bond acceptors (Lipinski definition) is 17. The van der Waals surface area contributed by atoms with Crippen molar-refractivity contribution in [2.75, 3.05) is 67.1 Å². The number of urea groups is 2. The van der Waals surface area contributed by atoms with Gasteiger partial charge in [-0.3, -0.25) is 30.0 Å². The summed E-state index contributed by atoms with van der Waals surface area (Å²) in [5.41, 5.74) is 6.27. The smallest absolute Gasteiger partial charge is 0.410 e. The van der Waals surface area contributed by atoms with Crippen molar-refractivity contribution in [3.63, 3.8) is 0 Å². The van der Waals surface area contributed by atoms with E-state index in [0.29, 0.717) is 46.1 Å². The van der Waals surface area contributed by atoms with E-state index in [4.69, 9.17) is 34.3 Å². The lowest BCUT2D eigenvalue weighted by Gasteiger charge is -2.35. The molecule has 10 aromatic rings. The second-order valence-corrected chi connectivity index (χ2v) is 35.7. The standard InChI is InChI=1S/C41H49N7O5.C36H41N7O3.C10H19NO4.C7H15N.CH4/c1-26-15-17-28(18-16-26)48-35(24-33(46-48)39(2,3)4)45-37(50)43-31-19-20-32(30-14-12-11-13-29(30)31)52-25-27-21-22-42-34(23-27)44-36(49)41(8,9)47(10)38(51)53-40(5,6)7;1-23-12-14-25(15-13-23)43-32(21-30(42-43)35(2,3)4)41-34(45)39-28-16-17-29(27-11-9-8-10-26(27)28)46-22-24-18-19-38-31(20-24)40-33(44)36(5,6)37-7;1-9(2,3)15-8(14)11(6)10(4,5)7(12)13;1-6(2)7(3)8(4)5;/h11-24H,25H2,1-10H3,(H,42,44,49)(H2,43,45,50);8-21,37H,22H2,1-7H3,(H,38,40,44)(H2,39,41,45);1-6H3,(H,12,13);1-5H3;1H4.